The number of aliphatic carboxylic acids is 1. The molecule has 42 heavy (non-hydrogen) atoms. The number of carbonyl (C=O) groups excluding carboxylic acids is 3. The average Bonchev–Trinajstić information content (AvgIpc) is 3.37. The van der Waals surface area contributed by atoms with Crippen LogP contribution in [-0.2, 0) is 32.0 Å². The second-order valence-electron chi connectivity index (χ2n) is 10.8. The van der Waals surface area contributed by atoms with Gasteiger partial charge in [0.1, 0.15) is 18.1 Å². The molecule has 0 fully saturated rings. The van der Waals surface area contributed by atoms with E-state index >= 15 is 0 Å². The number of carboxylic acids is 1. The van der Waals surface area contributed by atoms with Crippen LogP contribution in [0.15, 0.2) is 60.8 Å². The predicted molar refractivity (Wildman–Crippen MR) is 166 cm³/mol. The number of aromatic amines is 1. The van der Waals surface area contributed by atoms with Crippen LogP contribution in [0.4, 0.5) is 0 Å². The third-order valence-electron chi connectivity index (χ3n) is 6.93. The van der Waals surface area contributed by atoms with Crippen molar-refractivity contribution < 1.29 is 24.3 Å². The molecule has 3 aromatic rings. The molecule has 0 radical (unpaired) electrons. The summed E-state index contributed by atoms with van der Waals surface area (Å²) in [4.78, 5) is 55.1. The summed E-state index contributed by atoms with van der Waals surface area (Å²) in [5.74, 6) is -2.16. The number of nitrogens with two attached hydrogens (primary N) is 1. The van der Waals surface area contributed by atoms with E-state index in [-0.39, 0.29) is 18.8 Å². The summed E-state index contributed by atoms with van der Waals surface area (Å²) >= 11 is 1.52. The zero-order valence-electron chi connectivity index (χ0n) is 24.3. The first kappa shape index (κ1) is 32.7. The Kier molecular flexibility index (Phi) is 12.4. The summed E-state index contributed by atoms with van der Waals surface area (Å²) in [6, 6.07) is 12.9. The highest BCUT2D eigenvalue weighted by molar-refractivity contribution is 7.98. The van der Waals surface area contributed by atoms with Crippen molar-refractivity contribution in [3.8, 4) is 0 Å². The summed E-state index contributed by atoms with van der Waals surface area (Å²) in [7, 11) is 0. The normalized spacial score (nSPS) is 14.1. The number of aromatic nitrogens is 1. The number of H-pyrrole nitrogens is 1. The average molecular weight is 596 g/mol. The Balaban J connectivity index is 1.81. The number of carbonyl (C=O) groups is 4. The third kappa shape index (κ3) is 9.63. The van der Waals surface area contributed by atoms with Crippen LogP contribution < -0.4 is 21.7 Å². The van der Waals surface area contributed by atoms with Crippen LogP contribution in [0.5, 0.6) is 0 Å². The topological polar surface area (TPSA) is 166 Å². The fourth-order valence-electron chi connectivity index (χ4n) is 4.71. The first-order valence-corrected chi connectivity index (χ1v) is 15.5. The van der Waals surface area contributed by atoms with Gasteiger partial charge in [-0.1, -0.05) is 62.4 Å². The Morgan fingerprint density at radius 1 is 0.857 bits per heavy atom. The van der Waals surface area contributed by atoms with Crippen LogP contribution in [0.3, 0.4) is 0 Å². The molecule has 0 saturated heterocycles. The maximum absolute atomic E-state index is 13.6. The molecule has 3 amide bonds. The van der Waals surface area contributed by atoms with Crippen LogP contribution in [0.1, 0.15) is 37.8 Å². The highest BCUT2D eigenvalue weighted by Crippen LogP contribution is 2.19. The van der Waals surface area contributed by atoms with Gasteiger partial charge in [0.25, 0.3) is 0 Å². The molecule has 4 atom stereocenters. The zero-order chi connectivity index (χ0) is 30.6. The van der Waals surface area contributed by atoms with Gasteiger partial charge in [-0.3, -0.25) is 14.4 Å². The summed E-state index contributed by atoms with van der Waals surface area (Å²) in [6.07, 6.45) is 4.65. The summed E-state index contributed by atoms with van der Waals surface area (Å²) in [5, 5.41) is 18.8. The Morgan fingerprint density at radius 3 is 2.14 bits per heavy atom. The van der Waals surface area contributed by atoms with Gasteiger partial charge in [-0.05, 0) is 54.4 Å². The zero-order valence-corrected chi connectivity index (χ0v) is 25.1. The third-order valence-corrected chi connectivity index (χ3v) is 7.58. The van der Waals surface area contributed by atoms with Gasteiger partial charge >= 0.3 is 5.97 Å². The smallest absolute Gasteiger partial charge is 0.326 e. The number of nitrogens with one attached hydrogen (secondary N) is 4. The minimum absolute atomic E-state index is 0.0271. The van der Waals surface area contributed by atoms with E-state index in [1.165, 1.54) is 11.8 Å². The predicted octanol–water partition coefficient (Wildman–Crippen LogP) is 2.62. The van der Waals surface area contributed by atoms with E-state index in [0.717, 1.165) is 22.0 Å². The lowest BCUT2D eigenvalue weighted by Gasteiger charge is -2.25. The molecule has 0 saturated carbocycles. The molecule has 0 aliphatic carbocycles. The van der Waals surface area contributed by atoms with Crippen LogP contribution in [0, 0.1) is 5.92 Å². The minimum Gasteiger partial charge on any atom is -0.480 e. The lowest BCUT2D eigenvalue weighted by atomic mass is 10.0. The van der Waals surface area contributed by atoms with E-state index in [4.69, 9.17) is 5.73 Å². The summed E-state index contributed by atoms with van der Waals surface area (Å²) in [5.41, 5.74) is 8.73. The van der Waals surface area contributed by atoms with Gasteiger partial charge in [0, 0.05) is 23.5 Å². The van der Waals surface area contributed by atoms with Crippen LogP contribution in [0.2, 0.25) is 0 Å². The molecule has 4 unspecified atom stereocenters. The van der Waals surface area contributed by atoms with Crippen LogP contribution in [-0.4, -0.2) is 70.0 Å². The number of hydrogen-bond donors (Lipinski definition) is 6. The molecule has 0 spiro atoms. The Bertz CT molecular complexity index is 1350. The molecule has 0 bridgehead atoms. The number of amides is 3. The second kappa shape index (κ2) is 16.0. The van der Waals surface area contributed by atoms with Gasteiger partial charge in [-0.2, -0.15) is 11.8 Å². The van der Waals surface area contributed by atoms with Gasteiger partial charge in [0.2, 0.25) is 17.7 Å². The highest BCUT2D eigenvalue weighted by atomic mass is 32.2. The van der Waals surface area contributed by atoms with E-state index in [1.807, 2.05) is 74.7 Å². The number of rotatable bonds is 16. The molecular weight excluding hydrogens is 554 g/mol. The Hall–Kier alpha value is -3.83. The van der Waals surface area contributed by atoms with Crippen molar-refractivity contribution in [3.05, 3.63) is 71.9 Å². The van der Waals surface area contributed by atoms with Crippen molar-refractivity contribution >= 4 is 46.4 Å². The number of benzene rings is 2. The summed E-state index contributed by atoms with van der Waals surface area (Å²) < 4.78 is 0. The van der Waals surface area contributed by atoms with Gasteiger partial charge < -0.3 is 31.8 Å². The molecule has 1 aromatic heterocycles. The van der Waals surface area contributed by atoms with Crippen LogP contribution in [0.25, 0.3) is 10.9 Å². The molecule has 10 nitrogen and oxygen atoms in total. The number of hydrogen-bond acceptors (Lipinski definition) is 6. The van der Waals surface area contributed by atoms with Crippen molar-refractivity contribution in [3.63, 3.8) is 0 Å². The van der Waals surface area contributed by atoms with E-state index in [0.29, 0.717) is 18.6 Å². The molecule has 3 rings (SSSR count). The Labute approximate surface area is 250 Å². The number of carboxylic acid groups (broad SMARTS) is 1. The fourth-order valence-corrected chi connectivity index (χ4v) is 5.18. The van der Waals surface area contributed by atoms with Crippen molar-refractivity contribution in [1.29, 1.82) is 0 Å². The number of thioether (sulfide) groups is 1. The first-order chi connectivity index (χ1) is 20.1. The first-order valence-electron chi connectivity index (χ1n) is 14.1. The standard InChI is InChI=1S/C31H41N5O5S/c1-19(2)15-27(31(40)41)36-30(39)26(17-21-18-33-24-12-8-7-11-22(21)24)35-29(38)25(13-14-42-3)34-28(37)23(32)16-20-9-5-4-6-10-20/h4-12,18-19,23,25-27,33H,13-17,32H2,1-3H3,(H,34,37)(H,35,38)(H,36,39)(H,40,41). The van der Waals surface area contributed by atoms with Gasteiger partial charge in [-0.15, -0.1) is 0 Å². The van der Waals surface area contributed by atoms with Gasteiger partial charge in [0.15, 0.2) is 0 Å². The maximum Gasteiger partial charge on any atom is 0.326 e. The van der Waals surface area contributed by atoms with Crippen molar-refractivity contribution in [2.45, 2.75) is 63.7 Å². The molecule has 11 heteroatoms. The van der Waals surface area contributed by atoms with Crippen molar-refractivity contribution in [2.24, 2.45) is 11.7 Å². The molecule has 2 aromatic carbocycles. The fraction of sp³-hybridized carbons (Fsp3) is 0.419. The highest BCUT2D eigenvalue weighted by Gasteiger charge is 2.31. The molecule has 7 N–H and O–H groups in total. The van der Waals surface area contributed by atoms with E-state index < -0.39 is 47.9 Å². The van der Waals surface area contributed by atoms with Crippen molar-refractivity contribution in [1.82, 2.24) is 20.9 Å². The lowest BCUT2D eigenvalue weighted by Crippen LogP contribution is -2.58. The monoisotopic (exact) mass is 595 g/mol. The van der Waals surface area contributed by atoms with Gasteiger partial charge in [-0.25, -0.2) is 4.79 Å². The SMILES string of the molecule is CSCCC(NC(=O)C(N)Cc1ccccc1)C(=O)NC(Cc1c[nH]c2ccccc12)C(=O)NC(CC(C)C)C(=O)O. The summed E-state index contributed by atoms with van der Waals surface area (Å²) in [6.45, 7) is 3.74. The van der Waals surface area contributed by atoms with Crippen molar-refractivity contribution in [2.75, 3.05) is 12.0 Å². The van der Waals surface area contributed by atoms with E-state index in [2.05, 4.69) is 20.9 Å². The Morgan fingerprint density at radius 2 is 1.48 bits per heavy atom. The minimum atomic E-state index is -1.15. The number of para-hydroxylation sites is 1. The molecule has 226 valence electrons. The quantitative estimate of drug-likeness (QED) is 0.148. The lowest BCUT2D eigenvalue weighted by molar-refractivity contribution is -0.142. The maximum atomic E-state index is 13.6. The largest absolute Gasteiger partial charge is 0.480 e. The van der Waals surface area contributed by atoms with Gasteiger partial charge in [0.05, 0.1) is 6.04 Å². The number of fused-ring (bicyclic) bond motifs is 1. The molecule has 0 aliphatic rings. The molecule has 0 aliphatic heterocycles. The van der Waals surface area contributed by atoms with Crippen LogP contribution >= 0.6 is 11.8 Å². The second-order valence-corrected chi connectivity index (χ2v) is 11.8. The molecule has 1 heterocycles. The van der Waals surface area contributed by atoms with E-state index in [9.17, 15) is 24.3 Å². The van der Waals surface area contributed by atoms with E-state index in [1.54, 1.807) is 6.20 Å². The molecular formula is C31H41N5O5S.